The van der Waals surface area contributed by atoms with Crippen LogP contribution in [0.5, 0.6) is 0 Å². The summed E-state index contributed by atoms with van der Waals surface area (Å²) in [5, 5.41) is 11.0. The molecule has 1 unspecified atom stereocenters. The third-order valence-electron chi connectivity index (χ3n) is 4.00. The molecule has 0 radical (unpaired) electrons. The maximum Gasteiger partial charge on any atom is 0.339 e. The minimum atomic E-state index is -1.03. The maximum absolute atomic E-state index is 12.6. The smallest absolute Gasteiger partial charge is 0.339 e. The number of hydrogen-bond donors (Lipinski definition) is 0. The first-order chi connectivity index (χ1) is 12.4. The molecule has 0 saturated heterocycles. The van der Waals surface area contributed by atoms with Crippen LogP contribution in [0.15, 0.2) is 48.5 Å². The molecule has 1 amide bonds. The van der Waals surface area contributed by atoms with Crippen LogP contribution in [-0.2, 0) is 9.53 Å². The lowest BCUT2D eigenvalue weighted by Gasteiger charge is -2.24. The fourth-order valence-electron chi connectivity index (χ4n) is 2.61. The summed E-state index contributed by atoms with van der Waals surface area (Å²) in [6.07, 6.45) is -1.03. The van der Waals surface area contributed by atoms with Crippen LogP contribution < -0.4 is 4.90 Å². The fraction of sp³-hybridized carbons (Fsp3) is 0.263. The predicted molar refractivity (Wildman–Crippen MR) is 97.2 cm³/mol. The number of esters is 1. The standard InChI is InChI=1S/C19H20N2O5/c1-4-20(15-9-6-5-7-10-15)18(22)14(3)26-19(23)16-11-8-12-17(13(16)2)21(24)25/h5-12,14H,4H2,1-3H3. The summed E-state index contributed by atoms with van der Waals surface area (Å²) < 4.78 is 5.27. The lowest BCUT2D eigenvalue weighted by Crippen LogP contribution is -2.40. The molecule has 7 heteroatoms. The molecular weight excluding hydrogens is 336 g/mol. The molecule has 2 aromatic rings. The Morgan fingerprint density at radius 3 is 2.38 bits per heavy atom. The normalized spacial score (nSPS) is 11.5. The van der Waals surface area contributed by atoms with Crippen LogP contribution in [-0.4, -0.2) is 29.4 Å². The van der Waals surface area contributed by atoms with E-state index in [1.807, 2.05) is 25.1 Å². The number of nitrogens with zero attached hydrogens (tertiary/aromatic N) is 2. The van der Waals surface area contributed by atoms with Gasteiger partial charge in [0.15, 0.2) is 6.10 Å². The highest BCUT2D eigenvalue weighted by Gasteiger charge is 2.26. The zero-order chi connectivity index (χ0) is 19.3. The van der Waals surface area contributed by atoms with E-state index in [2.05, 4.69) is 0 Å². The molecule has 0 heterocycles. The van der Waals surface area contributed by atoms with Crippen molar-refractivity contribution >= 4 is 23.3 Å². The minimum absolute atomic E-state index is 0.0709. The first-order valence-corrected chi connectivity index (χ1v) is 8.18. The van der Waals surface area contributed by atoms with Gasteiger partial charge in [-0.25, -0.2) is 4.79 Å². The topological polar surface area (TPSA) is 89.8 Å². The third-order valence-corrected chi connectivity index (χ3v) is 4.00. The Balaban J connectivity index is 2.17. The van der Waals surface area contributed by atoms with Gasteiger partial charge in [0.1, 0.15) is 0 Å². The number of ether oxygens (including phenoxy) is 1. The van der Waals surface area contributed by atoms with Crippen LogP contribution in [0.4, 0.5) is 11.4 Å². The lowest BCUT2D eigenvalue weighted by molar-refractivity contribution is -0.385. The van der Waals surface area contributed by atoms with Crippen molar-refractivity contribution in [1.29, 1.82) is 0 Å². The van der Waals surface area contributed by atoms with Crippen molar-refractivity contribution in [2.45, 2.75) is 26.9 Å². The van der Waals surface area contributed by atoms with Crippen molar-refractivity contribution in [3.8, 4) is 0 Å². The summed E-state index contributed by atoms with van der Waals surface area (Å²) in [4.78, 5) is 37.0. The molecule has 1 atom stereocenters. The molecule has 2 aromatic carbocycles. The van der Waals surface area contributed by atoms with Crippen LogP contribution in [0, 0.1) is 17.0 Å². The summed E-state index contributed by atoms with van der Waals surface area (Å²) >= 11 is 0. The van der Waals surface area contributed by atoms with Crippen LogP contribution >= 0.6 is 0 Å². The van der Waals surface area contributed by atoms with Gasteiger partial charge in [-0.1, -0.05) is 24.3 Å². The number of nitro benzene ring substituents is 1. The van der Waals surface area contributed by atoms with E-state index < -0.39 is 17.0 Å². The molecule has 0 aliphatic heterocycles. The van der Waals surface area contributed by atoms with Gasteiger partial charge in [0.2, 0.25) is 0 Å². The highest BCUT2D eigenvalue weighted by atomic mass is 16.6. The van der Waals surface area contributed by atoms with Crippen molar-refractivity contribution < 1.29 is 19.2 Å². The van der Waals surface area contributed by atoms with Crippen LogP contribution in [0.25, 0.3) is 0 Å². The number of amides is 1. The lowest BCUT2D eigenvalue weighted by atomic mass is 10.1. The van der Waals surface area contributed by atoms with E-state index in [1.165, 1.54) is 36.9 Å². The summed E-state index contributed by atoms with van der Waals surface area (Å²) in [5.41, 5.74) is 0.812. The number of carbonyl (C=O) groups is 2. The Morgan fingerprint density at radius 1 is 1.15 bits per heavy atom. The Hall–Kier alpha value is -3.22. The first-order valence-electron chi connectivity index (χ1n) is 8.18. The van der Waals surface area contributed by atoms with E-state index >= 15 is 0 Å². The number of anilines is 1. The van der Waals surface area contributed by atoms with Crippen LogP contribution in [0.3, 0.4) is 0 Å². The number of hydrogen-bond acceptors (Lipinski definition) is 5. The average Bonchev–Trinajstić information content (AvgIpc) is 2.62. The zero-order valence-electron chi connectivity index (χ0n) is 14.8. The van der Waals surface area contributed by atoms with Crippen molar-refractivity contribution in [3.63, 3.8) is 0 Å². The molecule has 0 aromatic heterocycles. The number of para-hydroxylation sites is 1. The molecule has 7 nitrogen and oxygen atoms in total. The van der Waals surface area contributed by atoms with E-state index in [-0.39, 0.29) is 22.7 Å². The van der Waals surface area contributed by atoms with Crippen LogP contribution in [0.1, 0.15) is 29.8 Å². The van der Waals surface area contributed by atoms with E-state index in [1.54, 1.807) is 12.1 Å². The summed E-state index contributed by atoms with van der Waals surface area (Å²) in [6.45, 7) is 5.20. The molecular formula is C19H20N2O5. The van der Waals surface area contributed by atoms with Gasteiger partial charge < -0.3 is 9.64 Å². The molecule has 0 N–H and O–H groups in total. The average molecular weight is 356 g/mol. The largest absolute Gasteiger partial charge is 0.449 e. The van der Waals surface area contributed by atoms with Gasteiger partial charge >= 0.3 is 5.97 Å². The van der Waals surface area contributed by atoms with Crippen LogP contribution in [0.2, 0.25) is 0 Å². The fourth-order valence-corrected chi connectivity index (χ4v) is 2.61. The molecule has 0 aliphatic carbocycles. The van der Waals surface area contributed by atoms with Gasteiger partial charge in [0.05, 0.1) is 10.5 Å². The van der Waals surface area contributed by atoms with Gasteiger partial charge in [-0.05, 0) is 39.0 Å². The number of nitro groups is 1. The van der Waals surface area contributed by atoms with Gasteiger partial charge in [0, 0.05) is 23.9 Å². The monoisotopic (exact) mass is 356 g/mol. The molecule has 0 spiro atoms. The molecule has 0 bridgehead atoms. The third kappa shape index (κ3) is 4.05. The molecule has 136 valence electrons. The number of likely N-dealkylation sites (N-methyl/N-ethyl adjacent to an activating group) is 1. The molecule has 26 heavy (non-hydrogen) atoms. The minimum Gasteiger partial charge on any atom is -0.449 e. The number of benzene rings is 2. The molecule has 0 fully saturated rings. The van der Waals surface area contributed by atoms with Gasteiger partial charge in [-0.2, -0.15) is 0 Å². The number of rotatable bonds is 6. The van der Waals surface area contributed by atoms with Crippen molar-refractivity contribution in [3.05, 3.63) is 69.8 Å². The van der Waals surface area contributed by atoms with E-state index in [0.717, 1.165) is 0 Å². The second-order valence-electron chi connectivity index (χ2n) is 5.67. The Kier molecular flexibility index (Phi) is 6.06. The summed E-state index contributed by atoms with van der Waals surface area (Å²) in [5.74, 6) is -1.13. The van der Waals surface area contributed by atoms with Crippen molar-refractivity contribution in [2.75, 3.05) is 11.4 Å². The SMILES string of the molecule is CCN(C(=O)C(C)OC(=O)c1cccc([N+](=O)[O-])c1C)c1ccccc1. The van der Waals surface area contributed by atoms with E-state index in [9.17, 15) is 19.7 Å². The Morgan fingerprint density at radius 2 is 1.81 bits per heavy atom. The van der Waals surface area contributed by atoms with Crippen molar-refractivity contribution in [1.82, 2.24) is 0 Å². The second-order valence-corrected chi connectivity index (χ2v) is 5.67. The summed E-state index contributed by atoms with van der Waals surface area (Å²) in [6, 6.07) is 13.2. The maximum atomic E-state index is 12.6. The predicted octanol–water partition coefficient (Wildman–Crippen LogP) is 3.50. The number of carbonyl (C=O) groups excluding carboxylic acids is 2. The highest BCUT2D eigenvalue weighted by molar-refractivity contribution is 5.99. The van der Waals surface area contributed by atoms with E-state index in [4.69, 9.17) is 4.74 Å². The quantitative estimate of drug-likeness (QED) is 0.449. The second kappa shape index (κ2) is 8.24. The highest BCUT2D eigenvalue weighted by Crippen LogP contribution is 2.22. The van der Waals surface area contributed by atoms with Gasteiger partial charge in [0.25, 0.3) is 11.6 Å². The molecule has 2 rings (SSSR count). The van der Waals surface area contributed by atoms with Gasteiger partial charge in [-0.3, -0.25) is 14.9 Å². The van der Waals surface area contributed by atoms with Gasteiger partial charge in [-0.15, -0.1) is 0 Å². The Bertz CT molecular complexity index is 820. The summed E-state index contributed by atoms with van der Waals surface area (Å²) in [7, 11) is 0. The van der Waals surface area contributed by atoms with E-state index in [0.29, 0.717) is 12.2 Å². The first kappa shape index (κ1) is 19.1. The zero-order valence-corrected chi connectivity index (χ0v) is 14.8. The Labute approximate surface area is 151 Å². The van der Waals surface area contributed by atoms with Crippen molar-refractivity contribution in [2.24, 2.45) is 0 Å². The molecule has 0 aliphatic rings. The molecule has 0 saturated carbocycles.